The normalized spacial score (nSPS) is 10.9. The van der Waals surface area contributed by atoms with Gasteiger partial charge in [0.2, 0.25) is 11.8 Å². The lowest BCUT2D eigenvalue weighted by Gasteiger charge is -2.22. The van der Waals surface area contributed by atoms with Crippen LogP contribution in [0.5, 0.6) is 0 Å². The molecular weight excluding hydrogens is 464 g/mol. The van der Waals surface area contributed by atoms with Gasteiger partial charge in [0.1, 0.15) is 11.6 Å². The predicted octanol–water partition coefficient (Wildman–Crippen LogP) is 6.06. The second-order valence-corrected chi connectivity index (χ2v) is 8.72. The van der Waals surface area contributed by atoms with E-state index in [1.807, 2.05) is 17.5 Å². The van der Waals surface area contributed by atoms with Crippen LogP contribution in [-0.2, 0) is 11.3 Å². The van der Waals surface area contributed by atoms with E-state index in [1.165, 1.54) is 22.3 Å². The van der Waals surface area contributed by atoms with Crippen LogP contribution in [0.1, 0.15) is 4.88 Å². The van der Waals surface area contributed by atoms with Gasteiger partial charge in [0, 0.05) is 21.5 Å². The molecule has 31 heavy (non-hydrogen) atoms. The number of aromatic nitrogens is 2. The zero-order valence-corrected chi connectivity index (χ0v) is 18.2. The number of halogens is 3. The minimum absolute atomic E-state index is 0.00721. The Labute approximate surface area is 189 Å². The Morgan fingerprint density at radius 3 is 2.65 bits per heavy atom. The molecular formula is C21H14ClF2N3O2S2. The predicted molar refractivity (Wildman–Crippen MR) is 117 cm³/mol. The summed E-state index contributed by atoms with van der Waals surface area (Å²) in [5.41, 5.74) is 0.704. The third kappa shape index (κ3) is 5.30. The lowest BCUT2D eigenvalue weighted by molar-refractivity contribution is -0.116. The number of rotatable bonds is 7. The molecule has 0 bridgehead atoms. The first-order valence-electron chi connectivity index (χ1n) is 8.99. The second-order valence-electron chi connectivity index (χ2n) is 6.32. The summed E-state index contributed by atoms with van der Waals surface area (Å²) in [6, 6.07) is 13.7. The molecule has 2 aromatic carbocycles. The van der Waals surface area contributed by atoms with Crippen molar-refractivity contribution in [3.8, 4) is 11.5 Å². The highest BCUT2D eigenvalue weighted by molar-refractivity contribution is 7.99. The Kier molecular flexibility index (Phi) is 6.64. The van der Waals surface area contributed by atoms with Crippen molar-refractivity contribution in [3.63, 3.8) is 0 Å². The van der Waals surface area contributed by atoms with Crippen molar-refractivity contribution in [1.82, 2.24) is 10.2 Å². The maximum Gasteiger partial charge on any atom is 0.277 e. The Balaban J connectivity index is 1.49. The summed E-state index contributed by atoms with van der Waals surface area (Å²) in [6.07, 6.45) is 0. The highest BCUT2D eigenvalue weighted by Gasteiger charge is 2.22. The minimum atomic E-state index is -0.808. The molecule has 0 N–H and O–H groups in total. The van der Waals surface area contributed by atoms with Crippen LogP contribution in [0, 0.1) is 11.6 Å². The van der Waals surface area contributed by atoms with Crippen molar-refractivity contribution in [3.05, 3.63) is 81.5 Å². The van der Waals surface area contributed by atoms with Gasteiger partial charge < -0.3 is 9.32 Å². The van der Waals surface area contributed by atoms with E-state index in [-0.39, 0.29) is 29.1 Å². The van der Waals surface area contributed by atoms with E-state index in [9.17, 15) is 13.6 Å². The summed E-state index contributed by atoms with van der Waals surface area (Å²) in [7, 11) is 0. The Morgan fingerprint density at radius 1 is 1.13 bits per heavy atom. The standard InChI is InChI=1S/C21H14ClF2N3O2S2/c22-14-5-3-13(4-6-14)20-25-26-21(29-20)31-12-19(28)27(11-16-2-1-9-30-16)18-8-7-15(23)10-17(18)24/h1-10H,11-12H2. The molecule has 0 radical (unpaired) electrons. The van der Waals surface area contributed by atoms with Crippen LogP contribution in [0.4, 0.5) is 14.5 Å². The summed E-state index contributed by atoms with van der Waals surface area (Å²) in [5.74, 6) is -1.66. The molecule has 4 aromatic rings. The van der Waals surface area contributed by atoms with Crippen LogP contribution in [0.25, 0.3) is 11.5 Å². The summed E-state index contributed by atoms with van der Waals surface area (Å²) >= 11 is 8.36. The van der Waals surface area contributed by atoms with Gasteiger partial charge in [-0.25, -0.2) is 8.78 Å². The first-order chi connectivity index (χ1) is 15.0. The van der Waals surface area contributed by atoms with E-state index in [0.717, 1.165) is 28.8 Å². The van der Waals surface area contributed by atoms with E-state index >= 15 is 0 Å². The molecule has 0 aliphatic heterocycles. The Bertz CT molecular complexity index is 1180. The molecule has 0 saturated carbocycles. The number of anilines is 1. The molecule has 2 aromatic heterocycles. The second kappa shape index (κ2) is 9.59. The van der Waals surface area contributed by atoms with Crippen molar-refractivity contribution < 1.29 is 18.0 Å². The number of thiophene rings is 1. The van der Waals surface area contributed by atoms with Gasteiger partial charge in [0.05, 0.1) is 18.0 Å². The number of amides is 1. The Morgan fingerprint density at radius 2 is 1.94 bits per heavy atom. The van der Waals surface area contributed by atoms with Gasteiger partial charge in [-0.05, 0) is 47.8 Å². The van der Waals surface area contributed by atoms with Crippen molar-refractivity contribution in [1.29, 1.82) is 0 Å². The van der Waals surface area contributed by atoms with Crippen LogP contribution in [0.15, 0.2) is 69.6 Å². The molecule has 0 spiro atoms. The van der Waals surface area contributed by atoms with Crippen LogP contribution in [-0.4, -0.2) is 21.9 Å². The maximum atomic E-state index is 14.4. The molecule has 158 valence electrons. The molecule has 5 nitrogen and oxygen atoms in total. The largest absolute Gasteiger partial charge is 0.411 e. The minimum Gasteiger partial charge on any atom is -0.411 e. The molecule has 0 unspecified atom stereocenters. The fourth-order valence-corrected chi connectivity index (χ4v) is 4.20. The zero-order chi connectivity index (χ0) is 21.8. The van der Waals surface area contributed by atoms with Crippen LogP contribution in [0.3, 0.4) is 0 Å². The van der Waals surface area contributed by atoms with Gasteiger partial charge in [-0.15, -0.1) is 21.5 Å². The number of hydrogen-bond donors (Lipinski definition) is 0. The lowest BCUT2D eigenvalue weighted by atomic mass is 10.2. The fourth-order valence-electron chi connectivity index (χ4n) is 2.74. The number of carbonyl (C=O) groups is 1. The van der Waals surface area contributed by atoms with Gasteiger partial charge in [-0.2, -0.15) is 0 Å². The summed E-state index contributed by atoms with van der Waals surface area (Å²) < 4.78 is 33.3. The van der Waals surface area contributed by atoms with Crippen LogP contribution < -0.4 is 4.90 Å². The summed E-state index contributed by atoms with van der Waals surface area (Å²) in [6.45, 7) is 0.166. The van der Waals surface area contributed by atoms with E-state index in [4.69, 9.17) is 16.0 Å². The third-order valence-corrected chi connectivity index (χ3v) is 6.13. The van der Waals surface area contributed by atoms with E-state index in [0.29, 0.717) is 16.5 Å². The Hall–Kier alpha value is -2.75. The molecule has 0 atom stereocenters. The third-order valence-electron chi connectivity index (χ3n) is 4.21. The average Bonchev–Trinajstić information content (AvgIpc) is 3.43. The molecule has 1 amide bonds. The molecule has 0 aliphatic carbocycles. The maximum absolute atomic E-state index is 14.4. The molecule has 2 heterocycles. The lowest BCUT2D eigenvalue weighted by Crippen LogP contribution is -2.32. The van der Waals surface area contributed by atoms with Gasteiger partial charge in [-0.1, -0.05) is 29.4 Å². The molecule has 0 fully saturated rings. The van der Waals surface area contributed by atoms with Gasteiger partial charge >= 0.3 is 0 Å². The number of hydrogen-bond acceptors (Lipinski definition) is 6. The SMILES string of the molecule is O=C(CSc1nnc(-c2ccc(Cl)cc2)o1)N(Cc1cccs1)c1ccc(F)cc1F. The number of thioether (sulfide) groups is 1. The van der Waals surface area contributed by atoms with Crippen molar-refractivity contribution >= 4 is 46.3 Å². The van der Waals surface area contributed by atoms with Gasteiger partial charge in [0.15, 0.2) is 0 Å². The van der Waals surface area contributed by atoms with Crippen LogP contribution in [0.2, 0.25) is 5.02 Å². The van der Waals surface area contributed by atoms with Crippen molar-refractivity contribution in [2.45, 2.75) is 11.8 Å². The summed E-state index contributed by atoms with van der Waals surface area (Å²) in [4.78, 5) is 15.1. The number of nitrogens with zero attached hydrogens (tertiary/aromatic N) is 3. The molecule has 10 heteroatoms. The van der Waals surface area contributed by atoms with E-state index < -0.39 is 11.6 Å². The molecule has 4 rings (SSSR count). The molecule has 0 saturated heterocycles. The monoisotopic (exact) mass is 477 g/mol. The smallest absolute Gasteiger partial charge is 0.277 e. The average molecular weight is 478 g/mol. The van der Waals surface area contributed by atoms with Crippen molar-refractivity contribution in [2.24, 2.45) is 0 Å². The van der Waals surface area contributed by atoms with Gasteiger partial charge in [-0.3, -0.25) is 4.79 Å². The summed E-state index contributed by atoms with van der Waals surface area (Å²) in [5, 5.41) is 10.6. The zero-order valence-electron chi connectivity index (χ0n) is 15.8. The van der Waals surface area contributed by atoms with Crippen LogP contribution >= 0.6 is 34.7 Å². The fraction of sp³-hybridized carbons (Fsp3) is 0.0952. The number of benzene rings is 2. The molecule has 0 aliphatic rings. The first kappa shape index (κ1) is 21.5. The van der Waals surface area contributed by atoms with Gasteiger partial charge in [0.25, 0.3) is 5.22 Å². The first-order valence-corrected chi connectivity index (χ1v) is 11.2. The quantitative estimate of drug-likeness (QED) is 0.303. The highest BCUT2D eigenvalue weighted by Crippen LogP contribution is 2.27. The van der Waals surface area contributed by atoms with E-state index in [1.54, 1.807) is 24.3 Å². The van der Waals surface area contributed by atoms with Crippen molar-refractivity contribution in [2.75, 3.05) is 10.7 Å². The highest BCUT2D eigenvalue weighted by atomic mass is 35.5. The number of carbonyl (C=O) groups excluding carboxylic acids is 1. The van der Waals surface area contributed by atoms with E-state index in [2.05, 4.69) is 10.2 Å². The topological polar surface area (TPSA) is 59.2 Å².